The number of aromatic amines is 1. The molecule has 1 heterocycles. The Balaban J connectivity index is 2.46. The maximum Gasteiger partial charge on any atom is 0.0468 e. The molecule has 0 spiro atoms. The molecule has 0 radical (unpaired) electrons. The van der Waals surface area contributed by atoms with Crippen molar-refractivity contribution < 1.29 is 0 Å². The number of halogens is 1. The second-order valence-corrected chi connectivity index (χ2v) is 4.22. The summed E-state index contributed by atoms with van der Waals surface area (Å²) >= 11 is 3.55. The van der Waals surface area contributed by atoms with Gasteiger partial charge in [-0.2, -0.15) is 0 Å². The van der Waals surface area contributed by atoms with Gasteiger partial charge < -0.3 is 10.7 Å². The van der Waals surface area contributed by atoms with Crippen molar-refractivity contribution in [1.82, 2.24) is 4.98 Å². The Morgan fingerprint density at radius 3 is 3.00 bits per heavy atom. The summed E-state index contributed by atoms with van der Waals surface area (Å²) in [5.41, 5.74) is 8.06. The van der Waals surface area contributed by atoms with Crippen LogP contribution < -0.4 is 5.73 Å². The third-order valence-electron chi connectivity index (χ3n) is 2.39. The van der Waals surface area contributed by atoms with E-state index in [4.69, 9.17) is 5.73 Å². The standard InChI is InChI=1S/C11H13BrN2/c12-9-7-14-10-5-1-3-8(11(9)10)4-2-6-13/h1,3,5,7,14H,2,4,6,13H2. The lowest BCUT2D eigenvalue weighted by Crippen LogP contribution is -2.00. The van der Waals surface area contributed by atoms with Gasteiger partial charge in [-0.05, 0) is 46.9 Å². The number of benzene rings is 1. The van der Waals surface area contributed by atoms with E-state index in [0.717, 1.165) is 23.9 Å². The second kappa shape index (κ2) is 4.15. The molecule has 2 aromatic rings. The smallest absolute Gasteiger partial charge is 0.0468 e. The average Bonchev–Trinajstić information content (AvgIpc) is 2.58. The first-order valence-electron chi connectivity index (χ1n) is 4.77. The highest BCUT2D eigenvalue weighted by molar-refractivity contribution is 9.10. The van der Waals surface area contributed by atoms with Crippen molar-refractivity contribution in [1.29, 1.82) is 0 Å². The van der Waals surface area contributed by atoms with Crippen LogP contribution in [0.3, 0.4) is 0 Å². The molecule has 0 amide bonds. The number of rotatable bonds is 3. The van der Waals surface area contributed by atoms with E-state index in [1.807, 2.05) is 6.20 Å². The minimum Gasteiger partial charge on any atom is -0.360 e. The number of nitrogens with one attached hydrogen (secondary N) is 1. The molecule has 0 aliphatic rings. The van der Waals surface area contributed by atoms with E-state index >= 15 is 0 Å². The van der Waals surface area contributed by atoms with Gasteiger partial charge in [-0.15, -0.1) is 0 Å². The van der Waals surface area contributed by atoms with Crippen LogP contribution in [0.2, 0.25) is 0 Å². The van der Waals surface area contributed by atoms with Crippen LogP contribution in [0.5, 0.6) is 0 Å². The van der Waals surface area contributed by atoms with E-state index in [2.05, 4.69) is 39.1 Å². The minimum absolute atomic E-state index is 0.748. The van der Waals surface area contributed by atoms with Crippen LogP contribution in [0.25, 0.3) is 10.9 Å². The molecule has 14 heavy (non-hydrogen) atoms. The summed E-state index contributed by atoms with van der Waals surface area (Å²) in [6.45, 7) is 0.748. The Bertz CT molecular complexity index is 434. The van der Waals surface area contributed by atoms with Gasteiger partial charge in [0.05, 0.1) is 0 Å². The molecule has 0 atom stereocenters. The van der Waals surface area contributed by atoms with Crippen LogP contribution in [-0.4, -0.2) is 11.5 Å². The number of H-pyrrole nitrogens is 1. The van der Waals surface area contributed by atoms with E-state index in [1.165, 1.54) is 16.5 Å². The Hall–Kier alpha value is -0.800. The number of aromatic nitrogens is 1. The zero-order chi connectivity index (χ0) is 9.97. The molecule has 0 saturated heterocycles. The molecule has 3 N–H and O–H groups in total. The first kappa shape index (κ1) is 9.74. The van der Waals surface area contributed by atoms with E-state index in [-0.39, 0.29) is 0 Å². The summed E-state index contributed by atoms with van der Waals surface area (Å²) in [7, 11) is 0. The third kappa shape index (κ3) is 1.70. The number of hydrogen-bond donors (Lipinski definition) is 2. The number of aryl methyl sites for hydroxylation is 1. The lowest BCUT2D eigenvalue weighted by atomic mass is 10.1. The van der Waals surface area contributed by atoms with Crippen molar-refractivity contribution >= 4 is 26.8 Å². The quantitative estimate of drug-likeness (QED) is 0.867. The number of hydrogen-bond acceptors (Lipinski definition) is 1. The van der Waals surface area contributed by atoms with Crippen molar-refractivity contribution in [3.8, 4) is 0 Å². The third-order valence-corrected chi connectivity index (χ3v) is 3.02. The van der Waals surface area contributed by atoms with Gasteiger partial charge in [-0.1, -0.05) is 12.1 Å². The predicted molar refractivity (Wildman–Crippen MR) is 63.4 cm³/mol. The van der Waals surface area contributed by atoms with E-state index in [0.29, 0.717) is 0 Å². The molecular formula is C11H13BrN2. The topological polar surface area (TPSA) is 41.8 Å². The van der Waals surface area contributed by atoms with Crippen molar-refractivity contribution in [2.45, 2.75) is 12.8 Å². The molecule has 1 aromatic heterocycles. The Kier molecular flexibility index (Phi) is 2.89. The summed E-state index contributed by atoms with van der Waals surface area (Å²) in [6, 6.07) is 6.33. The Morgan fingerprint density at radius 2 is 2.21 bits per heavy atom. The molecule has 0 bridgehead atoms. The van der Waals surface area contributed by atoms with E-state index < -0.39 is 0 Å². The molecule has 0 aliphatic heterocycles. The van der Waals surface area contributed by atoms with Crippen LogP contribution in [0.4, 0.5) is 0 Å². The Morgan fingerprint density at radius 1 is 1.36 bits per heavy atom. The number of nitrogens with two attached hydrogens (primary N) is 1. The average molecular weight is 253 g/mol. The molecule has 2 nitrogen and oxygen atoms in total. The molecule has 74 valence electrons. The molecule has 0 unspecified atom stereocenters. The van der Waals surface area contributed by atoms with Crippen LogP contribution in [0, 0.1) is 0 Å². The normalized spacial score (nSPS) is 11.0. The zero-order valence-corrected chi connectivity index (χ0v) is 9.47. The maximum atomic E-state index is 5.51. The van der Waals surface area contributed by atoms with E-state index in [9.17, 15) is 0 Å². The van der Waals surface area contributed by atoms with E-state index in [1.54, 1.807) is 0 Å². The molecule has 0 aliphatic carbocycles. The summed E-state index contributed by atoms with van der Waals surface area (Å²) in [6.07, 6.45) is 4.07. The molecule has 2 rings (SSSR count). The summed E-state index contributed by atoms with van der Waals surface area (Å²) < 4.78 is 1.14. The van der Waals surface area contributed by atoms with Gasteiger partial charge in [0, 0.05) is 21.6 Å². The predicted octanol–water partition coefficient (Wildman–Crippen LogP) is 2.82. The van der Waals surface area contributed by atoms with Gasteiger partial charge in [0.2, 0.25) is 0 Å². The van der Waals surface area contributed by atoms with Gasteiger partial charge in [0.1, 0.15) is 0 Å². The van der Waals surface area contributed by atoms with Crippen molar-refractivity contribution in [3.05, 3.63) is 34.4 Å². The Labute approximate surface area is 91.6 Å². The fraction of sp³-hybridized carbons (Fsp3) is 0.273. The van der Waals surface area contributed by atoms with Crippen molar-refractivity contribution in [3.63, 3.8) is 0 Å². The molecule has 3 heteroatoms. The highest BCUT2D eigenvalue weighted by Gasteiger charge is 2.05. The van der Waals surface area contributed by atoms with Gasteiger partial charge in [-0.3, -0.25) is 0 Å². The van der Waals surface area contributed by atoms with Crippen LogP contribution in [-0.2, 0) is 6.42 Å². The second-order valence-electron chi connectivity index (χ2n) is 3.37. The number of fused-ring (bicyclic) bond motifs is 1. The first-order valence-corrected chi connectivity index (χ1v) is 5.57. The lowest BCUT2D eigenvalue weighted by molar-refractivity contribution is 0.837. The summed E-state index contributed by atoms with van der Waals surface area (Å²) in [5, 5.41) is 1.29. The van der Waals surface area contributed by atoms with Crippen LogP contribution >= 0.6 is 15.9 Å². The highest BCUT2D eigenvalue weighted by atomic mass is 79.9. The largest absolute Gasteiger partial charge is 0.360 e. The van der Waals surface area contributed by atoms with Gasteiger partial charge in [0.25, 0.3) is 0 Å². The van der Waals surface area contributed by atoms with Gasteiger partial charge in [0.15, 0.2) is 0 Å². The van der Waals surface area contributed by atoms with Gasteiger partial charge >= 0.3 is 0 Å². The maximum absolute atomic E-state index is 5.51. The van der Waals surface area contributed by atoms with Gasteiger partial charge in [-0.25, -0.2) is 0 Å². The highest BCUT2D eigenvalue weighted by Crippen LogP contribution is 2.27. The molecular weight excluding hydrogens is 240 g/mol. The van der Waals surface area contributed by atoms with Crippen molar-refractivity contribution in [2.75, 3.05) is 6.54 Å². The zero-order valence-electron chi connectivity index (χ0n) is 7.89. The summed E-state index contributed by atoms with van der Waals surface area (Å²) in [4.78, 5) is 3.23. The molecule has 1 aromatic carbocycles. The molecule has 0 saturated carbocycles. The first-order chi connectivity index (χ1) is 6.83. The summed E-state index contributed by atoms with van der Waals surface area (Å²) in [5.74, 6) is 0. The SMILES string of the molecule is NCCCc1cccc2[nH]cc(Br)c12. The van der Waals surface area contributed by atoms with Crippen molar-refractivity contribution in [2.24, 2.45) is 5.73 Å². The lowest BCUT2D eigenvalue weighted by Gasteiger charge is -2.02. The minimum atomic E-state index is 0.748. The fourth-order valence-corrected chi connectivity index (χ4v) is 2.30. The monoisotopic (exact) mass is 252 g/mol. The van der Waals surface area contributed by atoms with Crippen LogP contribution in [0.1, 0.15) is 12.0 Å². The van der Waals surface area contributed by atoms with Crippen LogP contribution in [0.15, 0.2) is 28.9 Å². The molecule has 0 fully saturated rings. The fourth-order valence-electron chi connectivity index (χ4n) is 1.72.